The molecule has 0 saturated carbocycles. The van der Waals surface area contributed by atoms with E-state index in [2.05, 4.69) is 11.4 Å². The maximum Gasteiger partial charge on any atom is 0.255 e. The van der Waals surface area contributed by atoms with Gasteiger partial charge in [-0.1, -0.05) is 26.0 Å². The summed E-state index contributed by atoms with van der Waals surface area (Å²) >= 11 is 0. The molecule has 26 heavy (non-hydrogen) atoms. The standard InChI is InChI=1S/C20H24N2O3S/c1-3-22(4-2)26(24,25)19-10-6-9-17(14-19)20(23)21-18-12-11-15-7-5-8-16(15)13-18/h6,9-14H,3-5,7-8H2,1-2H3,(H,21,23). The van der Waals surface area contributed by atoms with Crippen molar-refractivity contribution in [2.75, 3.05) is 18.4 Å². The predicted molar refractivity (Wildman–Crippen MR) is 103 cm³/mol. The molecule has 0 heterocycles. The van der Waals surface area contributed by atoms with Crippen molar-refractivity contribution < 1.29 is 13.2 Å². The van der Waals surface area contributed by atoms with E-state index in [1.54, 1.807) is 26.0 Å². The van der Waals surface area contributed by atoms with Gasteiger partial charge in [0.1, 0.15) is 0 Å². The summed E-state index contributed by atoms with van der Waals surface area (Å²) in [4.78, 5) is 12.7. The van der Waals surface area contributed by atoms with Crippen LogP contribution >= 0.6 is 0 Å². The number of nitrogens with one attached hydrogen (secondary N) is 1. The SMILES string of the molecule is CCN(CC)S(=O)(=O)c1cccc(C(=O)Nc2ccc3c(c2)CCC3)c1. The molecule has 0 radical (unpaired) electrons. The van der Waals surface area contributed by atoms with Crippen LogP contribution in [-0.4, -0.2) is 31.7 Å². The quantitative estimate of drug-likeness (QED) is 0.844. The molecule has 1 N–H and O–H groups in total. The van der Waals surface area contributed by atoms with Crippen molar-refractivity contribution in [1.29, 1.82) is 0 Å². The lowest BCUT2D eigenvalue weighted by molar-refractivity contribution is 0.102. The highest BCUT2D eigenvalue weighted by Gasteiger charge is 2.22. The van der Waals surface area contributed by atoms with Crippen molar-refractivity contribution in [3.63, 3.8) is 0 Å². The van der Waals surface area contributed by atoms with E-state index in [0.29, 0.717) is 18.7 Å². The van der Waals surface area contributed by atoms with Crippen LogP contribution in [0.4, 0.5) is 5.69 Å². The van der Waals surface area contributed by atoms with Gasteiger partial charge in [-0.3, -0.25) is 4.79 Å². The summed E-state index contributed by atoms with van der Waals surface area (Å²) in [5, 5.41) is 2.88. The largest absolute Gasteiger partial charge is 0.322 e. The lowest BCUT2D eigenvalue weighted by Crippen LogP contribution is -2.30. The van der Waals surface area contributed by atoms with Crippen LogP contribution in [0.5, 0.6) is 0 Å². The van der Waals surface area contributed by atoms with Crippen LogP contribution in [0.25, 0.3) is 0 Å². The fourth-order valence-corrected chi connectivity index (χ4v) is 4.87. The lowest BCUT2D eigenvalue weighted by Gasteiger charge is -2.18. The first-order valence-corrected chi connectivity index (χ1v) is 10.4. The molecule has 0 saturated heterocycles. The fraction of sp³-hybridized carbons (Fsp3) is 0.350. The van der Waals surface area contributed by atoms with Crippen LogP contribution < -0.4 is 5.32 Å². The van der Waals surface area contributed by atoms with Gasteiger partial charge in [0.05, 0.1) is 4.90 Å². The molecule has 0 fully saturated rings. The van der Waals surface area contributed by atoms with Crippen LogP contribution in [0.3, 0.4) is 0 Å². The minimum absolute atomic E-state index is 0.141. The van der Waals surface area contributed by atoms with Gasteiger partial charge >= 0.3 is 0 Å². The molecule has 1 amide bonds. The van der Waals surface area contributed by atoms with Gasteiger partial charge in [-0.25, -0.2) is 8.42 Å². The van der Waals surface area contributed by atoms with E-state index < -0.39 is 10.0 Å². The van der Waals surface area contributed by atoms with Crippen molar-refractivity contribution >= 4 is 21.6 Å². The Balaban J connectivity index is 1.82. The highest BCUT2D eigenvalue weighted by molar-refractivity contribution is 7.89. The molecular weight excluding hydrogens is 348 g/mol. The average molecular weight is 372 g/mol. The Morgan fingerprint density at radius 3 is 2.50 bits per heavy atom. The summed E-state index contributed by atoms with van der Waals surface area (Å²) in [5.74, 6) is -0.306. The van der Waals surface area contributed by atoms with Crippen LogP contribution in [0.1, 0.15) is 41.8 Å². The Morgan fingerprint density at radius 2 is 1.77 bits per heavy atom. The van der Waals surface area contributed by atoms with Crippen molar-refractivity contribution in [1.82, 2.24) is 4.31 Å². The van der Waals surface area contributed by atoms with E-state index >= 15 is 0 Å². The van der Waals surface area contributed by atoms with E-state index in [-0.39, 0.29) is 10.8 Å². The molecule has 138 valence electrons. The third-order valence-electron chi connectivity index (χ3n) is 4.80. The van der Waals surface area contributed by atoms with E-state index in [4.69, 9.17) is 0 Å². The Labute approximate surface area is 155 Å². The zero-order valence-corrected chi connectivity index (χ0v) is 16.0. The summed E-state index contributed by atoms with van der Waals surface area (Å²) in [7, 11) is -3.58. The Kier molecular flexibility index (Phi) is 5.44. The number of carbonyl (C=O) groups is 1. The average Bonchev–Trinajstić information content (AvgIpc) is 3.10. The minimum atomic E-state index is -3.58. The van der Waals surface area contributed by atoms with E-state index in [1.807, 2.05) is 12.1 Å². The Hall–Kier alpha value is -2.18. The topological polar surface area (TPSA) is 66.5 Å². The Morgan fingerprint density at radius 1 is 1.04 bits per heavy atom. The van der Waals surface area contributed by atoms with Gasteiger partial charge in [0.25, 0.3) is 5.91 Å². The molecule has 1 aliphatic carbocycles. The molecule has 3 rings (SSSR count). The van der Waals surface area contributed by atoms with Crippen LogP contribution in [0, 0.1) is 0 Å². The molecule has 6 heteroatoms. The monoisotopic (exact) mass is 372 g/mol. The number of hydrogen-bond acceptors (Lipinski definition) is 3. The number of hydrogen-bond donors (Lipinski definition) is 1. The maximum atomic E-state index is 12.6. The molecule has 0 aromatic heterocycles. The summed E-state index contributed by atoms with van der Waals surface area (Å²) in [6.45, 7) is 4.38. The van der Waals surface area contributed by atoms with Gasteiger partial charge in [0, 0.05) is 24.3 Å². The first-order valence-electron chi connectivity index (χ1n) is 8.99. The third-order valence-corrected chi connectivity index (χ3v) is 6.84. The lowest BCUT2D eigenvalue weighted by atomic mass is 10.1. The molecule has 0 bridgehead atoms. The maximum absolute atomic E-state index is 12.6. The number of benzene rings is 2. The first kappa shape index (κ1) is 18.6. The number of rotatable bonds is 6. The molecular formula is C20H24N2O3S. The van der Waals surface area contributed by atoms with Crippen molar-refractivity contribution in [3.8, 4) is 0 Å². The number of aryl methyl sites for hydroxylation is 2. The van der Waals surface area contributed by atoms with Gasteiger partial charge in [-0.15, -0.1) is 0 Å². The van der Waals surface area contributed by atoms with E-state index in [1.165, 1.54) is 27.6 Å². The van der Waals surface area contributed by atoms with Gasteiger partial charge < -0.3 is 5.32 Å². The van der Waals surface area contributed by atoms with Crippen LogP contribution in [-0.2, 0) is 22.9 Å². The summed E-state index contributed by atoms with van der Waals surface area (Å²) in [5.41, 5.74) is 3.70. The van der Waals surface area contributed by atoms with Crippen molar-refractivity contribution in [2.24, 2.45) is 0 Å². The molecule has 0 unspecified atom stereocenters. The molecule has 0 atom stereocenters. The second kappa shape index (κ2) is 7.60. The van der Waals surface area contributed by atoms with E-state index in [0.717, 1.165) is 24.9 Å². The number of nitrogens with zero attached hydrogens (tertiary/aromatic N) is 1. The van der Waals surface area contributed by atoms with Gasteiger partial charge in [0.15, 0.2) is 0 Å². The summed E-state index contributed by atoms with van der Waals surface area (Å²) < 4.78 is 26.7. The normalized spacial score (nSPS) is 13.7. The fourth-order valence-electron chi connectivity index (χ4n) is 3.36. The summed E-state index contributed by atoms with van der Waals surface area (Å²) in [6, 6.07) is 12.2. The molecule has 2 aromatic carbocycles. The van der Waals surface area contributed by atoms with Crippen molar-refractivity contribution in [2.45, 2.75) is 38.0 Å². The van der Waals surface area contributed by atoms with Crippen LogP contribution in [0.2, 0.25) is 0 Å². The first-order chi connectivity index (χ1) is 12.5. The van der Waals surface area contributed by atoms with Crippen LogP contribution in [0.15, 0.2) is 47.4 Å². The molecule has 2 aromatic rings. The zero-order chi connectivity index (χ0) is 18.7. The smallest absolute Gasteiger partial charge is 0.255 e. The van der Waals surface area contributed by atoms with Gasteiger partial charge in [0.2, 0.25) is 10.0 Å². The van der Waals surface area contributed by atoms with E-state index in [9.17, 15) is 13.2 Å². The highest BCUT2D eigenvalue weighted by atomic mass is 32.2. The number of anilines is 1. The molecule has 5 nitrogen and oxygen atoms in total. The zero-order valence-electron chi connectivity index (χ0n) is 15.2. The predicted octanol–water partition coefficient (Wildman–Crippen LogP) is 3.46. The second-order valence-corrected chi connectivity index (χ2v) is 8.35. The van der Waals surface area contributed by atoms with Gasteiger partial charge in [-0.05, 0) is 60.7 Å². The number of fused-ring (bicyclic) bond motifs is 1. The number of amides is 1. The molecule has 0 aliphatic heterocycles. The minimum Gasteiger partial charge on any atom is -0.322 e. The number of carbonyl (C=O) groups excluding carboxylic acids is 1. The molecule has 1 aliphatic rings. The number of sulfonamides is 1. The van der Waals surface area contributed by atoms with Crippen molar-refractivity contribution in [3.05, 3.63) is 59.2 Å². The molecule has 0 spiro atoms. The van der Waals surface area contributed by atoms with Gasteiger partial charge in [-0.2, -0.15) is 4.31 Å². The highest BCUT2D eigenvalue weighted by Crippen LogP contribution is 2.25. The Bertz CT molecular complexity index is 918. The summed E-state index contributed by atoms with van der Waals surface area (Å²) in [6.07, 6.45) is 3.28. The second-order valence-electron chi connectivity index (χ2n) is 6.41. The third kappa shape index (κ3) is 3.66.